The Kier molecular flexibility index (Phi) is 9.57. The summed E-state index contributed by atoms with van der Waals surface area (Å²) in [6.07, 6.45) is 3.42. The number of aromatic nitrogens is 1. The lowest BCUT2D eigenvalue weighted by atomic mass is 9.98. The van der Waals surface area contributed by atoms with Gasteiger partial charge in [0.1, 0.15) is 0 Å². The number of nitrogen functional groups attached to an aromatic ring is 1. The number of nitrogens with zero attached hydrogens (tertiary/aromatic N) is 2. The Morgan fingerprint density at radius 3 is 2.74 bits per heavy atom. The summed E-state index contributed by atoms with van der Waals surface area (Å²) in [5.74, 6) is 1.08. The molecule has 1 fully saturated rings. The number of anilines is 1. The summed E-state index contributed by atoms with van der Waals surface area (Å²) in [4.78, 5) is 19.5. The first-order chi connectivity index (χ1) is 12.0. The fourth-order valence-corrected chi connectivity index (χ4v) is 4.43. The zero-order chi connectivity index (χ0) is 17.8. The molecule has 2 N–H and O–H groups in total. The minimum atomic E-state index is 0. The molecule has 1 unspecified atom stereocenters. The number of benzene rings is 1. The Morgan fingerprint density at radius 2 is 2.07 bits per heavy atom. The minimum absolute atomic E-state index is 0. The standard InChI is InChI=1S/C20H27N3OS.2ClH/c1-14(2)18-13-25-20(22-18)16-7-5-11-23(12-16)19(24)10-9-15-6-3-4-8-17(15)21;;/h3-4,6,8,13-14,16H,5,7,9-12,21H2,1-2H3;2*1H. The molecular weight excluding hydrogens is 401 g/mol. The lowest BCUT2D eigenvalue weighted by Gasteiger charge is -2.32. The molecule has 0 saturated carbocycles. The van der Waals surface area contributed by atoms with Crippen molar-refractivity contribution in [3.8, 4) is 0 Å². The highest BCUT2D eigenvalue weighted by Crippen LogP contribution is 2.31. The van der Waals surface area contributed by atoms with Gasteiger partial charge in [0.2, 0.25) is 5.91 Å². The monoisotopic (exact) mass is 429 g/mol. The van der Waals surface area contributed by atoms with E-state index in [0.29, 0.717) is 24.7 Å². The van der Waals surface area contributed by atoms with E-state index in [1.807, 2.05) is 29.2 Å². The number of carbonyl (C=O) groups is 1. The van der Waals surface area contributed by atoms with Crippen molar-refractivity contribution in [1.29, 1.82) is 0 Å². The molecule has 0 radical (unpaired) electrons. The van der Waals surface area contributed by atoms with Crippen molar-refractivity contribution >= 4 is 47.7 Å². The molecule has 2 heterocycles. The molecule has 27 heavy (non-hydrogen) atoms. The van der Waals surface area contributed by atoms with Crippen LogP contribution in [0, 0.1) is 0 Å². The van der Waals surface area contributed by atoms with Crippen LogP contribution in [0.15, 0.2) is 29.6 Å². The second-order valence-corrected chi connectivity index (χ2v) is 8.03. The van der Waals surface area contributed by atoms with Gasteiger partial charge in [-0.15, -0.1) is 36.2 Å². The molecular formula is C20H29Cl2N3OS. The summed E-state index contributed by atoms with van der Waals surface area (Å²) in [5, 5.41) is 3.35. The number of halogens is 2. The number of hydrogen-bond donors (Lipinski definition) is 1. The Labute approximate surface area is 178 Å². The maximum atomic E-state index is 12.6. The average molecular weight is 430 g/mol. The second-order valence-electron chi connectivity index (χ2n) is 7.14. The molecule has 1 aliphatic rings. The quantitative estimate of drug-likeness (QED) is 0.677. The Bertz CT molecular complexity index is 736. The number of hydrogen-bond acceptors (Lipinski definition) is 4. The highest BCUT2D eigenvalue weighted by atomic mass is 35.5. The fourth-order valence-electron chi connectivity index (χ4n) is 3.32. The number of amides is 1. The van der Waals surface area contributed by atoms with Gasteiger partial charge in [-0.1, -0.05) is 32.0 Å². The maximum absolute atomic E-state index is 12.6. The predicted octanol–water partition coefficient (Wildman–Crippen LogP) is 5.03. The van der Waals surface area contributed by atoms with Crippen LogP contribution in [0.4, 0.5) is 5.69 Å². The van der Waals surface area contributed by atoms with Gasteiger partial charge < -0.3 is 10.6 Å². The van der Waals surface area contributed by atoms with Crippen molar-refractivity contribution in [2.24, 2.45) is 0 Å². The zero-order valence-corrected chi connectivity index (χ0v) is 18.3. The number of thiazole rings is 1. The van der Waals surface area contributed by atoms with E-state index in [-0.39, 0.29) is 30.7 Å². The van der Waals surface area contributed by atoms with E-state index in [0.717, 1.165) is 37.2 Å². The summed E-state index contributed by atoms with van der Waals surface area (Å²) in [5.41, 5.74) is 8.98. The number of nitrogens with two attached hydrogens (primary N) is 1. The van der Waals surface area contributed by atoms with E-state index in [2.05, 4.69) is 19.2 Å². The van der Waals surface area contributed by atoms with E-state index in [1.165, 1.54) is 10.7 Å². The van der Waals surface area contributed by atoms with Crippen LogP contribution in [-0.4, -0.2) is 28.9 Å². The first-order valence-corrected chi connectivity index (χ1v) is 9.99. The minimum Gasteiger partial charge on any atom is -0.399 e. The topological polar surface area (TPSA) is 59.2 Å². The lowest BCUT2D eigenvalue weighted by molar-refractivity contribution is -0.132. The number of aryl methyl sites for hydroxylation is 1. The van der Waals surface area contributed by atoms with Crippen LogP contribution >= 0.6 is 36.2 Å². The molecule has 2 aromatic rings. The van der Waals surface area contributed by atoms with Crippen molar-refractivity contribution in [3.63, 3.8) is 0 Å². The van der Waals surface area contributed by atoms with Gasteiger partial charge in [0.05, 0.1) is 10.7 Å². The largest absolute Gasteiger partial charge is 0.399 e. The summed E-state index contributed by atoms with van der Waals surface area (Å²) in [6.45, 7) is 6.01. The average Bonchev–Trinajstić information content (AvgIpc) is 3.11. The molecule has 4 nitrogen and oxygen atoms in total. The molecule has 1 saturated heterocycles. The number of carbonyl (C=O) groups excluding carboxylic acids is 1. The van der Waals surface area contributed by atoms with Crippen LogP contribution in [0.1, 0.15) is 61.2 Å². The first kappa shape index (κ1) is 23.7. The Balaban J connectivity index is 0.00000182. The van der Waals surface area contributed by atoms with Crippen LogP contribution in [-0.2, 0) is 11.2 Å². The van der Waals surface area contributed by atoms with Crippen LogP contribution in [0.2, 0.25) is 0 Å². The van der Waals surface area contributed by atoms with Crippen LogP contribution in [0.25, 0.3) is 0 Å². The third kappa shape index (κ3) is 6.09. The molecule has 1 aliphatic heterocycles. The SMILES string of the molecule is CC(C)c1csc(C2CCCN(C(=O)CCc3ccccc3N)C2)n1.Cl.Cl. The smallest absolute Gasteiger partial charge is 0.222 e. The van der Waals surface area contributed by atoms with Gasteiger partial charge in [0.15, 0.2) is 0 Å². The van der Waals surface area contributed by atoms with Crippen LogP contribution < -0.4 is 5.73 Å². The molecule has 0 spiro atoms. The van der Waals surface area contributed by atoms with Crippen LogP contribution in [0.3, 0.4) is 0 Å². The molecule has 150 valence electrons. The van der Waals surface area contributed by atoms with Gasteiger partial charge in [-0.3, -0.25) is 4.79 Å². The van der Waals surface area contributed by atoms with Crippen molar-refractivity contribution in [1.82, 2.24) is 9.88 Å². The number of likely N-dealkylation sites (tertiary alicyclic amines) is 1. The highest BCUT2D eigenvalue weighted by Gasteiger charge is 2.26. The second kappa shape index (κ2) is 10.9. The van der Waals surface area contributed by atoms with Crippen molar-refractivity contribution < 1.29 is 4.79 Å². The lowest BCUT2D eigenvalue weighted by Crippen LogP contribution is -2.39. The molecule has 3 rings (SSSR count). The highest BCUT2D eigenvalue weighted by molar-refractivity contribution is 7.09. The first-order valence-electron chi connectivity index (χ1n) is 9.11. The van der Waals surface area contributed by atoms with E-state index in [9.17, 15) is 4.79 Å². The number of para-hydroxylation sites is 1. The van der Waals surface area contributed by atoms with Crippen molar-refractivity contribution in [2.45, 2.75) is 51.4 Å². The van der Waals surface area contributed by atoms with E-state index in [1.54, 1.807) is 11.3 Å². The van der Waals surface area contributed by atoms with Gasteiger partial charge in [-0.2, -0.15) is 0 Å². The van der Waals surface area contributed by atoms with E-state index in [4.69, 9.17) is 10.7 Å². The van der Waals surface area contributed by atoms with Gasteiger partial charge in [0, 0.05) is 36.5 Å². The summed E-state index contributed by atoms with van der Waals surface area (Å²) in [7, 11) is 0. The molecule has 0 aliphatic carbocycles. The summed E-state index contributed by atoms with van der Waals surface area (Å²) in [6, 6.07) is 7.80. The molecule has 1 aromatic heterocycles. The van der Waals surface area contributed by atoms with Gasteiger partial charge in [-0.25, -0.2) is 4.98 Å². The normalized spacial score (nSPS) is 16.6. The molecule has 7 heteroatoms. The van der Waals surface area contributed by atoms with Gasteiger partial charge in [0.25, 0.3) is 0 Å². The maximum Gasteiger partial charge on any atom is 0.222 e. The molecule has 0 bridgehead atoms. The van der Waals surface area contributed by atoms with Crippen LogP contribution in [0.5, 0.6) is 0 Å². The third-order valence-electron chi connectivity index (χ3n) is 4.92. The Morgan fingerprint density at radius 1 is 1.33 bits per heavy atom. The van der Waals surface area contributed by atoms with Gasteiger partial charge in [-0.05, 0) is 36.8 Å². The van der Waals surface area contributed by atoms with E-state index < -0.39 is 0 Å². The molecule has 1 atom stereocenters. The molecule has 1 aromatic carbocycles. The third-order valence-corrected chi connectivity index (χ3v) is 5.94. The van der Waals surface area contributed by atoms with Crippen molar-refractivity contribution in [2.75, 3.05) is 18.8 Å². The molecule has 1 amide bonds. The zero-order valence-electron chi connectivity index (χ0n) is 15.9. The fraction of sp³-hybridized carbons (Fsp3) is 0.500. The van der Waals surface area contributed by atoms with Crippen molar-refractivity contribution in [3.05, 3.63) is 45.9 Å². The number of piperidine rings is 1. The van der Waals surface area contributed by atoms with E-state index >= 15 is 0 Å². The Hall–Kier alpha value is -1.30. The van der Waals surface area contributed by atoms with Gasteiger partial charge >= 0.3 is 0 Å². The summed E-state index contributed by atoms with van der Waals surface area (Å²) >= 11 is 1.74. The summed E-state index contributed by atoms with van der Waals surface area (Å²) < 4.78 is 0. The predicted molar refractivity (Wildman–Crippen MR) is 118 cm³/mol. The number of rotatable bonds is 5.